The van der Waals surface area contributed by atoms with Gasteiger partial charge in [0.2, 0.25) is 0 Å². The predicted molar refractivity (Wildman–Crippen MR) is 111 cm³/mol. The number of non-ortho nitro benzene ring substituents is 1. The normalized spacial score (nSPS) is 11.4. The quantitative estimate of drug-likeness (QED) is 0.278. The fraction of sp³-hybridized carbons (Fsp3) is 0.0909. The van der Waals surface area contributed by atoms with Crippen LogP contribution in [0.25, 0.3) is 16.6 Å². The second kappa shape index (κ2) is 7.08. The minimum Gasteiger partial charge on any atom is -0.318 e. The summed E-state index contributed by atoms with van der Waals surface area (Å²) in [6, 6.07) is 18.5. The fourth-order valence-corrected chi connectivity index (χ4v) is 3.32. The molecule has 0 saturated carbocycles. The number of pyridine rings is 1. The van der Waals surface area contributed by atoms with Gasteiger partial charge in [-0.15, -0.1) is 0 Å². The molecule has 0 aliphatic rings. The van der Waals surface area contributed by atoms with E-state index < -0.39 is 4.92 Å². The van der Waals surface area contributed by atoms with Crippen LogP contribution in [0.1, 0.15) is 17.0 Å². The Hall–Kier alpha value is -3.80. The summed E-state index contributed by atoms with van der Waals surface area (Å²) >= 11 is 0. The molecule has 28 heavy (non-hydrogen) atoms. The van der Waals surface area contributed by atoms with Gasteiger partial charge in [0.25, 0.3) is 5.69 Å². The predicted octanol–water partition coefficient (Wildman–Crippen LogP) is 5.30. The zero-order chi connectivity index (χ0) is 19.7. The third-order valence-corrected chi connectivity index (χ3v) is 4.73. The smallest absolute Gasteiger partial charge is 0.269 e. The van der Waals surface area contributed by atoms with Crippen molar-refractivity contribution in [2.45, 2.75) is 13.8 Å². The van der Waals surface area contributed by atoms with Crippen LogP contribution in [0.2, 0.25) is 0 Å². The van der Waals surface area contributed by atoms with E-state index >= 15 is 0 Å². The number of benzene rings is 2. The Morgan fingerprint density at radius 3 is 2.61 bits per heavy atom. The number of aromatic nitrogens is 2. The van der Waals surface area contributed by atoms with Gasteiger partial charge in [-0.3, -0.25) is 20.1 Å². The van der Waals surface area contributed by atoms with Crippen LogP contribution in [0, 0.1) is 24.0 Å². The van der Waals surface area contributed by atoms with Gasteiger partial charge in [-0.1, -0.05) is 6.07 Å². The standard InChI is InChI=1S/C22H18N4O2/c1-15-12-18(14-24-19-5-7-20(8-6-19)26(27)28)16(2)25(15)21-9-10-22-17(13-21)4-3-11-23-22/h3-14H,1-2H3. The highest BCUT2D eigenvalue weighted by Crippen LogP contribution is 2.24. The molecule has 0 unspecified atom stereocenters. The highest BCUT2D eigenvalue weighted by molar-refractivity contribution is 5.85. The lowest BCUT2D eigenvalue weighted by Crippen LogP contribution is -1.99. The van der Waals surface area contributed by atoms with Crippen LogP contribution in [0.15, 0.2) is 71.9 Å². The molecule has 6 heteroatoms. The molecule has 2 heterocycles. The summed E-state index contributed by atoms with van der Waals surface area (Å²) in [5.41, 5.74) is 5.95. The first kappa shape index (κ1) is 17.6. The molecule has 0 atom stereocenters. The van der Waals surface area contributed by atoms with Crippen molar-refractivity contribution in [3.8, 4) is 5.69 Å². The topological polar surface area (TPSA) is 73.3 Å². The van der Waals surface area contributed by atoms with Crippen molar-refractivity contribution in [1.82, 2.24) is 9.55 Å². The van der Waals surface area contributed by atoms with Gasteiger partial charge in [-0.05, 0) is 56.3 Å². The lowest BCUT2D eigenvalue weighted by Gasteiger charge is -2.10. The molecular formula is C22H18N4O2. The van der Waals surface area contributed by atoms with Gasteiger partial charge in [0, 0.05) is 52.6 Å². The molecule has 4 rings (SSSR count). The number of nitro benzene ring substituents is 1. The van der Waals surface area contributed by atoms with E-state index in [-0.39, 0.29) is 5.69 Å². The summed E-state index contributed by atoms with van der Waals surface area (Å²) < 4.78 is 2.18. The molecular weight excluding hydrogens is 352 g/mol. The first-order valence-corrected chi connectivity index (χ1v) is 8.85. The summed E-state index contributed by atoms with van der Waals surface area (Å²) in [5, 5.41) is 11.8. The van der Waals surface area contributed by atoms with E-state index in [2.05, 4.69) is 52.7 Å². The zero-order valence-electron chi connectivity index (χ0n) is 15.5. The number of aryl methyl sites for hydroxylation is 1. The van der Waals surface area contributed by atoms with Gasteiger partial charge in [-0.2, -0.15) is 0 Å². The van der Waals surface area contributed by atoms with Gasteiger partial charge in [-0.25, -0.2) is 0 Å². The first-order valence-electron chi connectivity index (χ1n) is 8.85. The molecule has 0 aliphatic heterocycles. The van der Waals surface area contributed by atoms with Crippen molar-refractivity contribution in [3.63, 3.8) is 0 Å². The largest absolute Gasteiger partial charge is 0.318 e. The van der Waals surface area contributed by atoms with Crippen molar-refractivity contribution in [1.29, 1.82) is 0 Å². The highest BCUT2D eigenvalue weighted by atomic mass is 16.6. The summed E-state index contributed by atoms with van der Waals surface area (Å²) in [6.07, 6.45) is 3.59. The third kappa shape index (κ3) is 3.27. The van der Waals surface area contributed by atoms with Crippen LogP contribution in [0.3, 0.4) is 0 Å². The maximum absolute atomic E-state index is 10.8. The summed E-state index contributed by atoms with van der Waals surface area (Å²) in [5.74, 6) is 0. The Labute approximate surface area is 162 Å². The fourth-order valence-electron chi connectivity index (χ4n) is 3.32. The van der Waals surface area contributed by atoms with Crippen LogP contribution < -0.4 is 0 Å². The van der Waals surface area contributed by atoms with Gasteiger partial charge in [0.15, 0.2) is 0 Å². The molecule has 2 aromatic heterocycles. The second-order valence-corrected chi connectivity index (χ2v) is 6.57. The van der Waals surface area contributed by atoms with Crippen molar-refractivity contribution in [2.75, 3.05) is 0 Å². The molecule has 0 saturated heterocycles. The monoisotopic (exact) mass is 370 g/mol. The third-order valence-electron chi connectivity index (χ3n) is 4.73. The van der Waals surface area contributed by atoms with Gasteiger partial charge < -0.3 is 4.57 Å². The van der Waals surface area contributed by atoms with E-state index in [1.54, 1.807) is 24.5 Å². The average molecular weight is 370 g/mol. The van der Waals surface area contributed by atoms with Crippen LogP contribution in [-0.4, -0.2) is 20.7 Å². The van der Waals surface area contributed by atoms with Gasteiger partial charge >= 0.3 is 0 Å². The number of hydrogen-bond donors (Lipinski definition) is 0. The van der Waals surface area contributed by atoms with E-state index in [9.17, 15) is 10.1 Å². The molecule has 0 aliphatic carbocycles. The number of hydrogen-bond acceptors (Lipinski definition) is 4. The minimum absolute atomic E-state index is 0.0583. The molecule has 2 aromatic carbocycles. The zero-order valence-corrected chi connectivity index (χ0v) is 15.5. The molecule has 0 N–H and O–H groups in total. The molecule has 0 bridgehead atoms. The molecule has 0 fully saturated rings. The van der Waals surface area contributed by atoms with Crippen LogP contribution in [0.4, 0.5) is 11.4 Å². The SMILES string of the molecule is Cc1cc(C=Nc2ccc([N+](=O)[O-])cc2)c(C)n1-c1ccc2ncccc2c1. The first-order chi connectivity index (χ1) is 13.5. The summed E-state index contributed by atoms with van der Waals surface area (Å²) in [6.45, 7) is 4.11. The summed E-state index contributed by atoms with van der Waals surface area (Å²) in [7, 11) is 0. The average Bonchev–Trinajstić information content (AvgIpc) is 2.99. The second-order valence-electron chi connectivity index (χ2n) is 6.57. The van der Waals surface area contributed by atoms with Crippen molar-refractivity contribution in [2.24, 2.45) is 4.99 Å². The van der Waals surface area contributed by atoms with E-state index in [0.717, 1.165) is 33.5 Å². The highest BCUT2D eigenvalue weighted by Gasteiger charge is 2.10. The van der Waals surface area contributed by atoms with Crippen molar-refractivity contribution < 1.29 is 4.92 Å². The lowest BCUT2D eigenvalue weighted by molar-refractivity contribution is -0.384. The number of fused-ring (bicyclic) bond motifs is 1. The molecule has 138 valence electrons. The summed E-state index contributed by atoms with van der Waals surface area (Å²) in [4.78, 5) is 19.2. The van der Waals surface area contributed by atoms with E-state index in [4.69, 9.17) is 0 Å². The minimum atomic E-state index is -0.416. The molecule has 0 radical (unpaired) electrons. The van der Waals surface area contributed by atoms with Gasteiger partial charge in [0.1, 0.15) is 0 Å². The van der Waals surface area contributed by atoms with Gasteiger partial charge in [0.05, 0.1) is 16.1 Å². The van der Waals surface area contributed by atoms with Crippen molar-refractivity contribution in [3.05, 3.63) is 93.9 Å². The number of nitro groups is 1. The maximum Gasteiger partial charge on any atom is 0.269 e. The Bertz CT molecular complexity index is 1210. The van der Waals surface area contributed by atoms with E-state index in [1.165, 1.54) is 12.1 Å². The molecule has 0 spiro atoms. The lowest BCUT2D eigenvalue weighted by atomic mass is 10.2. The maximum atomic E-state index is 10.8. The number of rotatable bonds is 4. The Balaban J connectivity index is 1.67. The van der Waals surface area contributed by atoms with Crippen LogP contribution in [-0.2, 0) is 0 Å². The van der Waals surface area contributed by atoms with E-state index in [0.29, 0.717) is 5.69 Å². The Morgan fingerprint density at radius 1 is 1.07 bits per heavy atom. The Kier molecular flexibility index (Phi) is 4.45. The number of nitrogens with zero attached hydrogens (tertiary/aromatic N) is 4. The van der Waals surface area contributed by atoms with E-state index in [1.807, 2.05) is 12.1 Å². The van der Waals surface area contributed by atoms with Crippen molar-refractivity contribution >= 4 is 28.5 Å². The molecule has 6 nitrogen and oxygen atoms in total. The van der Waals surface area contributed by atoms with Crippen LogP contribution >= 0.6 is 0 Å². The Morgan fingerprint density at radius 2 is 1.86 bits per heavy atom. The molecule has 0 amide bonds. The number of aliphatic imine (C=N–C) groups is 1. The van der Waals surface area contributed by atoms with Crippen LogP contribution in [0.5, 0.6) is 0 Å². The molecule has 4 aromatic rings.